The average Bonchev–Trinajstić information content (AvgIpc) is 2.98. The molecule has 1 aromatic rings. The van der Waals surface area contributed by atoms with Crippen LogP contribution < -0.4 is 0 Å². The fraction of sp³-hybridized carbons (Fsp3) is 0.684. The van der Waals surface area contributed by atoms with Crippen molar-refractivity contribution in [3.8, 4) is 0 Å². The minimum Gasteiger partial charge on any atom is -0.385 e. The number of rotatable bonds is 3. The monoisotopic (exact) mass is 375 g/mol. The van der Waals surface area contributed by atoms with Gasteiger partial charge in [0.2, 0.25) is 0 Å². The molecule has 0 radical (unpaired) electrons. The fourth-order valence-electron chi connectivity index (χ4n) is 4.32. The highest BCUT2D eigenvalue weighted by molar-refractivity contribution is 6.31. The molecule has 1 saturated carbocycles. The quantitative estimate of drug-likeness (QED) is 0.732. The second kappa shape index (κ2) is 7.45. The minimum absolute atomic E-state index is 0.0460. The van der Waals surface area contributed by atoms with E-state index < -0.39 is 17.3 Å². The molecule has 2 aliphatic rings. The van der Waals surface area contributed by atoms with Crippen LogP contribution in [0, 0.1) is 5.92 Å². The summed E-state index contributed by atoms with van der Waals surface area (Å²) in [6, 6.07) is 3.90. The Morgan fingerprint density at radius 1 is 1.12 bits per heavy atom. The lowest BCUT2D eigenvalue weighted by Gasteiger charge is -2.38. The number of halogens is 4. The summed E-state index contributed by atoms with van der Waals surface area (Å²) < 4.78 is 39.8. The zero-order valence-corrected chi connectivity index (χ0v) is 15.0. The Morgan fingerprint density at radius 3 is 2.52 bits per heavy atom. The van der Waals surface area contributed by atoms with E-state index in [0.717, 1.165) is 64.2 Å². The number of aliphatic hydroxyl groups is 1. The molecular formula is C19H25ClF3NO. The molecule has 0 aromatic heterocycles. The standard InChI is InChI=1S/C19H25ClF3NO/c20-17-8-7-14(12-16(17)19(21,22)23)18(25)9-3-1-2-6-15(18)13-24-10-4-5-11-24/h7-8,12,15,25H,1-6,9-11,13H2. The third-order valence-electron chi connectivity index (χ3n) is 5.73. The molecule has 2 atom stereocenters. The molecule has 1 N–H and O–H groups in total. The van der Waals surface area contributed by atoms with E-state index >= 15 is 0 Å². The molecule has 1 aliphatic heterocycles. The van der Waals surface area contributed by atoms with Gasteiger partial charge in [-0.1, -0.05) is 36.9 Å². The van der Waals surface area contributed by atoms with Crippen molar-refractivity contribution in [3.63, 3.8) is 0 Å². The maximum absolute atomic E-state index is 13.3. The van der Waals surface area contributed by atoms with Crippen LogP contribution >= 0.6 is 11.6 Å². The van der Waals surface area contributed by atoms with Crippen LogP contribution in [0.2, 0.25) is 5.02 Å². The largest absolute Gasteiger partial charge is 0.417 e. The van der Waals surface area contributed by atoms with Crippen LogP contribution in [-0.2, 0) is 11.8 Å². The maximum Gasteiger partial charge on any atom is 0.417 e. The minimum atomic E-state index is -4.52. The van der Waals surface area contributed by atoms with Crippen molar-refractivity contribution in [1.29, 1.82) is 0 Å². The van der Waals surface area contributed by atoms with Crippen molar-refractivity contribution in [3.05, 3.63) is 34.3 Å². The predicted molar refractivity (Wildman–Crippen MR) is 92.6 cm³/mol. The van der Waals surface area contributed by atoms with E-state index in [2.05, 4.69) is 4.90 Å². The van der Waals surface area contributed by atoms with E-state index in [9.17, 15) is 18.3 Å². The van der Waals surface area contributed by atoms with Gasteiger partial charge in [-0.3, -0.25) is 0 Å². The van der Waals surface area contributed by atoms with Crippen LogP contribution in [0.4, 0.5) is 13.2 Å². The smallest absolute Gasteiger partial charge is 0.385 e. The van der Waals surface area contributed by atoms with Crippen molar-refractivity contribution in [2.24, 2.45) is 5.92 Å². The molecule has 2 fully saturated rings. The van der Waals surface area contributed by atoms with E-state index in [1.54, 1.807) is 6.07 Å². The number of likely N-dealkylation sites (tertiary alicyclic amines) is 1. The fourth-order valence-corrected chi connectivity index (χ4v) is 4.54. The molecule has 25 heavy (non-hydrogen) atoms. The van der Waals surface area contributed by atoms with Gasteiger partial charge in [0, 0.05) is 12.5 Å². The molecule has 6 heteroatoms. The Balaban J connectivity index is 1.94. The van der Waals surface area contributed by atoms with Crippen LogP contribution in [0.3, 0.4) is 0 Å². The first-order valence-electron chi connectivity index (χ1n) is 9.12. The second-order valence-corrected chi connectivity index (χ2v) is 7.83. The van der Waals surface area contributed by atoms with Crippen molar-refractivity contribution in [2.75, 3.05) is 19.6 Å². The summed E-state index contributed by atoms with van der Waals surface area (Å²) in [6.45, 7) is 2.78. The van der Waals surface area contributed by atoms with Crippen LogP contribution in [-0.4, -0.2) is 29.6 Å². The van der Waals surface area contributed by atoms with Crippen LogP contribution in [0.15, 0.2) is 18.2 Å². The van der Waals surface area contributed by atoms with Gasteiger partial charge in [-0.25, -0.2) is 0 Å². The maximum atomic E-state index is 13.3. The van der Waals surface area contributed by atoms with Gasteiger partial charge < -0.3 is 10.0 Å². The third-order valence-corrected chi connectivity index (χ3v) is 6.06. The highest BCUT2D eigenvalue weighted by Crippen LogP contribution is 2.44. The van der Waals surface area contributed by atoms with Gasteiger partial charge >= 0.3 is 6.18 Å². The second-order valence-electron chi connectivity index (χ2n) is 7.42. The number of nitrogens with zero attached hydrogens (tertiary/aromatic N) is 1. The average molecular weight is 376 g/mol. The molecule has 2 unspecified atom stereocenters. The van der Waals surface area contributed by atoms with Crippen LogP contribution in [0.5, 0.6) is 0 Å². The molecule has 0 bridgehead atoms. The molecular weight excluding hydrogens is 351 g/mol. The Kier molecular flexibility index (Phi) is 5.66. The number of hydrogen-bond acceptors (Lipinski definition) is 2. The summed E-state index contributed by atoms with van der Waals surface area (Å²) in [5, 5.41) is 11.2. The van der Waals surface area contributed by atoms with Crippen molar-refractivity contribution < 1.29 is 18.3 Å². The molecule has 1 aromatic carbocycles. The lowest BCUT2D eigenvalue weighted by Crippen LogP contribution is -2.41. The molecule has 3 rings (SSSR count). The normalized spacial score (nSPS) is 28.9. The zero-order chi connectivity index (χ0) is 18.1. The Labute approximate surface area is 152 Å². The summed E-state index contributed by atoms with van der Waals surface area (Å²) >= 11 is 5.76. The lowest BCUT2D eigenvalue weighted by atomic mass is 9.77. The Hall–Kier alpha value is -0.780. The molecule has 1 saturated heterocycles. The topological polar surface area (TPSA) is 23.5 Å². The van der Waals surface area contributed by atoms with E-state index in [1.165, 1.54) is 6.07 Å². The summed E-state index contributed by atoms with van der Waals surface area (Å²) in [6.07, 6.45) is 2.00. The van der Waals surface area contributed by atoms with Gasteiger partial charge in [0.1, 0.15) is 0 Å². The molecule has 140 valence electrons. The lowest BCUT2D eigenvalue weighted by molar-refractivity contribution is -0.137. The molecule has 0 spiro atoms. The van der Waals surface area contributed by atoms with E-state index in [-0.39, 0.29) is 10.9 Å². The first kappa shape index (κ1) is 19.0. The van der Waals surface area contributed by atoms with Gasteiger partial charge in [0.15, 0.2) is 0 Å². The predicted octanol–water partition coefficient (Wildman–Crippen LogP) is 5.22. The van der Waals surface area contributed by atoms with Crippen LogP contribution in [0.1, 0.15) is 56.1 Å². The SMILES string of the molecule is OC1(c2ccc(Cl)c(C(F)(F)F)c2)CCCCCC1CN1CCCC1. The highest BCUT2D eigenvalue weighted by Gasteiger charge is 2.42. The van der Waals surface area contributed by atoms with Gasteiger partial charge in [-0.2, -0.15) is 13.2 Å². The van der Waals surface area contributed by atoms with E-state index in [4.69, 9.17) is 11.6 Å². The Bertz CT molecular complexity index is 601. The number of alkyl halides is 3. The van der Waals surface area contributed by atoms with Crippen LogP contribution in [0.25, 0.3) is 0 Å². The molecule has 2 nitrogen and oxygen atoms in total. The zero-order valence-electron chi connectivity index (χ0n) is 14.3. The molecule has 0 amide bonds. The summed E-state index contributed by atoms with van der Waals surface area (Å²) in [5.74, 6) is -0.0460. The Morgan fingerprint density at radius 2 is 1.84 bits per heavy atom. The summed E-state index contributed by atoms with van der Waals surface area (Å²) in [5.41, 5.74) is -1.72. The highest BCUT2D eigenvalue weighted by atomic mass is 35.5. The number of benzene rings is 1. The van der Waals surface area contributed by atoms with E-state index in [1.807, 2.05) is 0 Å². The number of hydrogen-bond donors (Lipinski definition) is 1. The third kappa shape index (κ3) is 4.15. The molecule has 1 heterocycles. The van der Waals surface area contributed by atoms with Crippen molar-refractivity contribution in [1.82, 2.24) is 4.90 Å². The van der Waals surface area contributed by atoms with Gasteiger partial charge in [-0.05, 0) is 56.5 Å². The first-order valence-corrected chi connectivity index (χ1v) is 9.50. The van der Waals surface area contributed by atoms with Gasteiger partial charge in [0.05, 0.1) is 16.2 Å². The molecule has 1 aliphatic carbocycles. The van der Waals surface area contributed by atoms with E-state index in [0.29, 0.717) is 12.0 Å². The summed E-state index contributed by atoms with van der Waals surface area (Å²) in [7, 11) is 0. The van der Waals surface area contributed by atoms with Crippen molar-refractivity contribution in [2.45, 2.75) is 56.7 Å². The van der Waals surface area contributed by atoms with Gasteiger partial charge in [-0.15, -0.1) is 0 Å². The van der Waals surface area contributed by atoms with Gasteiger partial charge in [0.25, 0.3) is 0 Å². The van der Waals surface area contributed by atoms with Crippen molar-refractivity contribution >= 4 is 11.6 Å². The first-order chi connectivity index (χ1) is 11.8. The summed E-state index contributed by atoms with van der Waals surface area (Å²) in [4.78, 5) is 2.33.